The van der Waals surface area contributed by atoms with Crippen molar-refractivity contribution >= 4 is 18.4 Å². The highest BCUT2D eigenvalue weighted by atomic mass is 16.5. The lowest BCUT2D eigenvalue weighted by atomic mass is 9.73. The van der Waals surface area contributed by atoms with Crippen LogP contribution in [0.5, 0.6) is 5.75 Å². The number of carbonyl (C=O) groups is 1. The number of ether oxygens (including phenoxy) is 1. The molecule has 0 radical (unpaired) electrons. The molecule has 0 bridgehead atoms. The molecule has 1 N–H and O–H groups in total. The van der Waals surface area contributed by atoms with Gasteiger partial charge >= 0.3 is 7.12 Å². The number of hydrogen-bond donors (Lipinski definition) is 1. The van der Waals surface area contributed by atoms with Crippen molar-refractivity contribution in [3.63, 3.8) is 0 Å². The van der Waals surface area contributed by atoms with Gasteiger partial charge in [0.2, 0.25) is 0 Å². The van der Waals surface area contributed by atoms with E-state index in [0.29, 0.717) is 25.2 Å². The van der Waals surface area contributed by atoms with Crippen LogP contribution >= 0.6 is 0 Å². The Morgan fingerprint density at radius 2 is 2.00 bits per heavy atom. The van der Waals surface area contributed by atoms with Crippen LogP contribution in [-0.4, -0.2) is 31.1 Å². The predicted octanol–water partition coefficient (Wildman–Crippen LogP) is 2.94. The van der Waals surface area contributed by atoms with Gasteiger partial charge in [-0.25, -0.2) is 0 Å². The zero-order chi connectivity index (χ0) is 18.4. The lowest BCUT2D eigenvalue weighted by molar-refractivity contribution is 0.0993. The molecular weight excluding hydrogens is 327 g/mol. The van der Waals surface area contributed by atoms with E-state index < -0.39 is 7.12 Å². The molecule has 0 saturated heterocycles. The fraction of sp³-hybridized carbons (Fsp3) is 0.381. The van der Waals surface area contributed by atoms with Gasteiger partial charge in [0.05, 0.1) is 6.61 Å². The molecular formula is C21H25BO4. The van der Waals surface area contributed by atoms with Crippen molar-refractivity contribution in [2.75, 3.05) is 13.2 Å². The zero-order valence-corrected chi connectivity index (χ0v) is 15.2. The minimum absolute atomic E-state index is 0.0497. The third-order valence-corrected chi connectivity index (χ3v) is 4.68. The third-order valence-electron chi connectivity index (χ3n) is 4.68. The highest BCUT2D eigenvalue weighted by molar-refractivity contribution is 6.60. The van der Waals surface area contributed by atoms with Crippen LogP contribution in [0.1, 0.15) is 47.7 Å². The van der Waals surface area contributed by atoms with Crippen molar-refractivity contribution in [1.29, 1.82) is 0 Å². The Labute approximate surface area is 155 Å². The van der Waals surface area contributed by atoms with E-state index in [-0.39, 0.29) is 5.78 Å². The SMILES string of the molecule is CCCCCOc1ccc(C(=O)Cc2ccc3c(c2)B(O)OCC3)cc1. The number of carbonyl (C=O) groups excluding carboxylic acids is 1. The maximum Gasteiger partial charge on any atom is 0.491 e. The summed E-state index contributed by atoms with van der Waals surface area (Å²) in [6.45, 7) is 3.40. The van der Waals surface area contributed by atoms with Crippen LogP contribution in [0.2, 0.25) is 0 Å². The van der Waals surface area contributed by atoms with Crippen LogP contribution in [0.3, 0.4) is 0 Å². The molecule has 136 valence electrons. The highest BCUT2D eigenvalue weighted by Crippen LogP contribution is 2.16. The van der Waals surface area contributed by atoms with Crippen LogP contribution in [0, 0.1) is 0 Å². The van der Waals surface area contributed by atoms with Gasteiger partial charge in [-0.3, -0.25) is 4.79 Å². The molecule has 0 atom stereocenters. The first-order chi connectivity index (χ1) is 12.7. The fourth-order valence-corrected chi connectivity index (χ4v) is 3.15. The van der Waals surface area contributed by atoms with Crippen LogP contribution in [0.15, 0.2) is 42.5 Å². The summed E-state index contributed by atoms with van der Waals surface area (Å²) >= 11 is 0. The zero-order valence-electron chi connectivity index (χ0n) is 15.2. The summed E-state index contributed by atoms with van der Waals surface area (Å²) in [5.41, 5.74) is 3.42. The molecule has 0 saturated carbocycles. The quantitative estimate of drug-likeness (QED) is 0.451. The van der Waals surface area contributed by atoms with Crippen LogP contribution in [-0.2, 0) is 17.5 Å². The summed E-state index contributed by atoms with van der Waals surface area (Å²) in [5, 5.41) is 9.95. The van der Waals surface area contributed by atoms with E-state index in [9.17, 15) is 9.82 Å². The van der Waals surface area contributed by atoms with E-state index in [1.807, 2.05) is 42.5 Å². The number of hydrogen-bond acceptors (Lipinski definition) is 4. The molecule has 26 heavy (non-hydrogen) atoms. The monoisotopic (exact) mass is 352 g/mol. The van der Waals surface area contributed by atoms with E-state index in [4.69, 9.17) is 9.39 Å². The molecule has 3 rings (SSSR count). The Morgan fingerprint density at radius 3 is 2.77 bits per heavy atom. The van der Waals surface area contributed by atoms with Gasteiger partial charge < -0.3 is 14.4 Å². The molecule has 1 aliphatic rings. The van der Waals surface area contributed by atoms with Crippen molar-refractivity contribution in [1.82, 2.24) is 0 Å². The first-order valence-electron chi connectivity index (χ1n) is 9.35. The summed E-state index contributed by atoms with van der Waals surface area (Å²) in [6, 6.07) is 13.1. The van der Waals surface area contributed by atoms with Gasteiger partial charge in [0.1, 0.15) is 5.75 Å². The second-order valence-electron chi connectivity index (χ2n) is 6.69. The van der Waals surface area contributed by atoms with Crippen LogP contribution in [0.4, 0.5) is 0 Å². The maximum atomic E-state index is 12.5. The van der Waals surface area contributed by atoms with Gasteiger partial charge in [-0.05, 0) is 53.7 Å². The first kappa shape index (κ1) is 18.7. The Kier molecular flexibility index (Phi) is 6.48. The van der Waals surface area contributed by atoms with Gasteiger partial charge in [0.25, 0.3) is 0 Å². The number of rotatable bonds is 8. The minimum atomic E-state index is -0.891. The standard InChI is InChI=1S/C21H25BO4/c1-2-3-4-12-25-19-9-7-18(8-10-19)21(23)15-16-5-6-17-11-13-26-22(24)20(17)14-16/h5-10,14,24H,2-4,11-13,15H2,1H3. The summed E-state index contributed by atoms with van der Waals surface area (Å²) in [7, 11) is -0.891. The lowest BCUT2D eigenvalue weighted by Crippen LogP contribution is -2.41. The van der Waals surface area contributed by atoms with Crippen LogP contribution in [0.25, 0.3) is 0 Å². The van der Waals surface area contributed by atoms with E-state index >= 15 is 0 Å². The molecule has 0 aromatic heterocycles. The normalized spacial score (nSPS) is 13.4. The molecule has 0 aliphatic carbocycles. The number of fused-ring (bicyclic) bond motifs is 1. The molecule has 0 unspecified atom stereocenters. The molecule has 5 heteroatoms. The first-order valence-corrected chi connectivity index (χ1v) is 9.35. The summed E-state index contributed by atoms with van der Waals surface area (Å²) in [5.74, 6) is 0.848. The Hall–Kier alpha value is -2.11. The van der Waals surface area contributed by atoms with Crippen molar-refractivity contribution in [3.05, 3.63) is 59.2 Å². The average molecular weight is 352 g/mol. The van der Waals surface area contributed by atoms with Crippen LogP contribution < -0.4 is 10.2 Å². The fourth-order valence-electron chi connectivity index (χ4n) is 3.15. The largest absolute Gasteiger partial charge is 0.494 e. The summed E-state index contributed by atoms with van der Waals surface area (Å²) in [4.78, 5) is 12.5. The molecule has 0 fully saturated rings. The summed E-state index contributed by atoms with van der Waals surface area (Å²) in [6.07, 6.45) is 4.47. The second-order valence-corrected chi connectivity index (χ2v) is 6.69. The van der Waals surface area contributed by atoms with Gasteiger partial charge in [-0.1, -0.05) is 38.0 Å². The van der Waals surface area contributed by atoms with Gasteiger partial charge in [-0.15, -0.1) is 0 Å². The van der Waals surface area contributed by atoms with Crippen molar-refractivity contribution < 1.29 is 19.2 Å². The van der Waals surface area contributed by atoms with E-state index in [0.717, 1.165) is 41.6 Å². The van der Waals surface area contributed by atoms with Gasteiger partial charge in [0, 0.05) is 18.6 Å². The Balaban J connectivity index is 1.60. The highest BCUT2D eigenvalue weighted by Gasteiger charge is 2.25. The smallest absolute Gasteiger partial charge is 0.491 e. The molecule has 1 aliphatic heterocycles. The molecule has 4 nitrogen and oxygen atoms in total. The van der Waals surface area contributed by atoms with Crippen molar-refractivity contribution in [2.24, 2.45) is 0 Å². The Morgan fingerprint density at radius 1 is 1.19 bits per heavy atom. The predicted molar refractivity (Wildman–Crippen MR) is 103 cm³/mol. The second kappa shape index (κ2) is 9.01. The van der Waals surface area contributed by atoms with Gasteiger partial charge in [-0.2, -0.15) is 0 Å². The van der Waals surface area contributed by atoms with E-state index in [2.05, 4.69) is 6.92 Å². The number of ketones is 1. The molecule has 1 heterocycles. The lowest BCUT2D eigenvalue weighted by Gasteiger charge is -2.19. The number of benzene rings is 2. The van der Waals surface area contributed by atoms with Crippen molar-refractivity contribution in [3.8, 4) is 5.75 Å². The van der Waals surface area contributed by atoms with Gasteiger partial charge in [0.15, 0.2) is 5.78 Å². The van der Waals surface area contributed by atoms with Crippen molar-refractivity contribution in [2.45, 2.75) is 39.0 Å². The maximum absolute atomic E-state index is 12.5. The minimum Gasteiger partial charge on any atom is -0.494 e. The Bertz CT molecular complexity index is 742. The molecule has 0 spiro atoms. The van der Waals surface area contributed by atoms with E-state index in [1.165, 1.54) is 6.42 Å². The number of Topliss-reactive ketones (excluding diaryl/α,β-unsaturated/α-hetero) is 1. The summed E-state index contributed by atoms with van der Waals surface area (Å²) < 4.78 is 10.9. The molecule has 0 amide bonds. The molecule has 2 aromatic carbocycles. The van der Waals surface area contributed by atoms with E-state index in [1.54, 1.807) is 0 Å². The third kappa shape index (κ3) is 4.74. The average Bonchev–Trinajstić information content (AvgIpc) is 2.66. The molecule has 2 aromatic rings. The number of unbranched alkanes of at least 4 members (excludes halogenated alkanes) is 2. The topological polar surface area (TPSA) is 55.8 Å².